The number of rotatable bonds is 4. The first-order chi connectivity index (χ1) is 15.7. The van der Waals surface area contributed by atoms with Gasteiger partial charge in [-0.25, -0.2) is 8.78 Å². The molecule has 2 N–H and O–H groups in total. The predicted octanol–water partition coefficient (Wildman–Crippen LogP) is 4.20. The van der Waals surface area contributed by atoms with E-state index in [9.17, 15) is 38.7 Å². The summed E-state index contributed by atoms with van der Waals surface area (Å²) in [6.45, 7) is 0. The van der Waals surface area contributed by atoms with E-state index < -0.39 is 51.3 Å². The number of Topliss-reactive ketones (excluding diaryl/α,β-unsaturated/α-hetero) is 1. The molecule has 1 heterocycles. The number of phenolic OH excluding ortho intramolecular Hbond substituents is 1. The fraction of sp³-hybridized carbons (Fsp3) is 0.0435. The molecule has 1 fully saturated rings. The van der Waals surface area contributed by atoms with E-state index >= 15 is 0 Å². The van der Waals surface area contributed by atoms with E-state index in [1.807, 2.05) is 0 Å². The van der Waals surface area contributed by atoms with Gasteiger partial charge in [-0.05, 0) is 29.8 Å². The Bertz CT molecular complexity index is 1350. The number of phenols is 1. The van der Waals surface area contributed by atoms with Crippen LogP contribution in [-0.2, 0) is 9.59 Å². The molecule has 10 heteroatoms. The van der Waals surface area contributed by atoms with E-state index in [0.717, 1.165) is 23.1 Å². The molecule has 166 valence electrons. The molecule has 0 saturated carbocycles. The maximum atomic E-state index is 14.6. The van der Waals surface area contributed by atoms with Crippen LogP contribution in [0.4, 0.5) is 20.2 Å². The minimum absolute atomic E-state index is 0.119. The Balaban J connectivity index is 1.98. The number of anilines is 1. The highest BCUT2D eigenvalue weighted by molar-refractivity contribution is 6.51. The number of halogens is 2. The summed E-state index contributed by atoms with van der Waals surface area (Å²) in [6, 6.07) is 11.2. The number of amides is 1. The summed E-state index contributed by atoms with van der Waals surface area (Å²) in [6.07, 6.45) is 0. The zero-order valence-electron chi connectivity index (χ0n) is 16.6. The third-order valence-electron chi connectivity index (χ3n) is 5.13. The Hall–Kier alpha value is -4.60. The van der Waals surface area contributed by atoms with Gasteiger partial charge in [-0.1, -0.05) is 24.3 Å². The number of aliphatic hydroxyl groups excluding tert-OH is 1. The molecule has 0 aromatic heterocycles. The number of hydrogen-bond donors (Lipinski definition) is 2. The van der Waals surface area contributed by atoms with Gasteiger partial charge in [0.05, 0.1) is 22.2 Å². The number of nitro groups is 1. The van der Waals surface area contributed by atoms with E-state index in [0.29, 0.717) is 6.07 Å². The van der Waals surface area contributed by atoms with Crippen LogP contribution in [0, 0.1) is 21.7 Å². The number of non-ortho nitro benzene ring substituents is 1. The molecule has 0 bridgehead atoms. The first kappa shape index (κ1) is 21.6. The van der Waals surface area contributed by atoms with Crippen molar-refractivity contribution in [2.45, 2.75) is 6.04 Å². The molecule has 1 atom stereocenters. The molecule has 1 amide bonds. The van der Waals surface area contributed by atoms with Crippen LogP contribution >= 0.6 is 0 Å². The monoisotopic (exact) mass is 452 g/mol. The van der Waals surface area contributed by atoms with Gasteiger partial charge in [0, 0.05) is 23.8 Å². The van der Waals surface area contributed by atoms with Gasteiger partial charge >= 0.3 is 0 Å². The van der Waals surface area contributed by atoms with Gasteiger partial charge in [0.1, 0.15) is 23.1 Å². The lowest BCUT2D eigenvalue weighted by Gasteiger charge is -2.25. The van der Waals surface area contributed by atoms with Crippen molar-refractivity contribution in [1.82, 2.24) is 0 Å². The van der Waals surface area contributed by atoms with Crippen molar-refractivity contribution in [3.63, 3.8) is 0 Å². The number of nitro benzene ring substituents is 1. The van der Waals surface area contributed by atoms with Gasteiger partial charge in [0.25, 0.3) is 17.4 Å². The van der Waals surface area contributed by atoms with E-state index in [4.69, 9.17) is 0 Å². The zero-order valence-corrected chi connectivity index (χ0v) is 16.6. The topological polar surface area (TPSA) is 121 Å². The summed E-state index contributed by atoms with van der Waals surface area (Å²) in [5.41, 5.74) is -1.25. The fourth-order valence-corrected chi connectivity index (χ4v) is 3.69. The highest BCUT2D eigenvalue weighted by Crippen LogP contribution is 2.43. The van der Waals surface area contributed by atoms with Gasteiger partial charge in [-0.3, -0.25) is 24.6 Å². The minimum Gasteiger partial charge on any atom is -0.508 e. The second kappa shape index (κ2) is 8.15. The average molecular weight is 452 g/mol. The second-order valence-electron chi connectivity index (χ2n) is 7.17. The molecule has 4 rings (SSSR count). The Morgan fingerprint density at radius 1 is 1.00 bits per heavy atom. The van der Waals surface area contributed by atoms with Crippen molar-refractivity contribution >= 4 is 28.8 Å². The van der Waals surface area contributed by atoms with E-state index in [-0.39, 0.29) is 22.6 Å². The van der Waals surface area contributed by atoms with Crippen molar-refractivity contribution in [2.75, 3.05) is 4.90 Å². The number of aliphatic hydroxyl groups is 1. The molecule has 1 aliphatic heterocycles. The lowest BCUT2D eigenvalue weighted by molar-refractivity contribution is -0.384. The largest absolute Gasteiger partial charge is 0.508 e. The first-order valence-corrected chi connectivity index (χ1v) is 9.49. The number of hydrogen-bond acceptors (Lipinski definition) is 6. The van der Waals surface area contributed by atoms with Crippen molar-refractivity contribution in [3.05, 3.63) is 105 Å². The second-order valence-corrected chi connectivity index (χ2v) is 7.17. The molecule has 8 nitrogen and oxygen atoms in total. The summed E-state index contributed by atoms with van der Waals surface area (Å²) in [7, 11) is 0. The minimum atomic E-state index is -1.41. The molecule has 0 spiro atoms. The van der Waals surface area contributed by atoms with Gasteiger partial charge in [0.15, 0.2) is 0 Å². The maximum Gasteiger partial charge on any atom is 0.300 e. The summed E-state index contributed by atoms with van der Waals surface area (Å²) in [5.74, 6) is -5.38. The molecule has 3 aromatic carbocycles. The predicted molar refractivity (Wildman–Crippen MR) is 112 cm³/mol. The van der Waals surface area contributed by atoms with Gasteiger partial charge in [-0.2, -0.15) is 0 Å². The molecule has 0 radical (unpaired) electrons. The Kier molecular flexibility index (Phi) is 5.34. The Labute approximate surface area is 184 Å². The summed E-state index contributed by atoms with van der Waals surface area (Å²) in [4.78, 5) is 37.1. The maximum absolute atomic E-state index is 14.6. The quantitative estimate of drug-likeness (QED) is 0.201. The number of ketones is 1. The number of benzene rings is 3. The molecular formula is C23H14F2N2O6. The van der Waals surface area contributed by atoms with Gasteiger partial charge < -0.3 is 10.2 Å². The van der Waals surface area contributed by atoms with Crippen LogP contribution in [0.3, 0.4) is 0 Å². The normalized spacial score (nSPS) is 17.4. The Morgan fingerprint density at radius 3 is 2.39 bits per heavy atom. The van der Waals surface area contributed by atoms with Crippen molar-refractivity contribution in [3.8, 4) is 5.75 Å². The number of carbonyl (C=O) groups excluding carboxylic acids is 2. The standard InChI is InChI=1S/C23H14F2N2O6/c24-14-7-8-18(17(25)11-14)26-20(12-3-2-6-16(28)10-12)19(22(30)23(26)31)21(29)13-4-1-5-15(9-13)27(32)33/h1-11,20,28-29H/b21-19+. The Morgan fingerprint density at radius 2 is 1.73 bits per heavy atom. The van der Waals surface area contributed by atoms with Crippen molar-refractivity contribution in [1.29, 1.82) is 0 Å². The van der Waals surface area contributed by atoms with Crippen LogP contribution < -0.4 is 4.90 Å². The lowest BCUT2D eigenvalue weighted by Crippen LogP contribution is -2.30. The number of carbonyl (C=O) groups is 2. The van der Waals surface area contributed by atoms with Crippen LogP contribution in [0.1, 0.15) is 17.2 Å². The summed E-state index contributed by atoms with van der Waals surface area (Å²) < 4.78 is 28.1. The highest BCUT2D eigenvalue weighted by Gasteiger charge is 2.48. The van der Waals surface area contributed by atoms with Gasteiger partial charge in [-0.15, -0.1) is 0 Å². The van der Waals surface area contributed by atoms with E-state index in [1.54, 1.807) is 0 Å². The SMILES string of the molecule is O=C1C(=O)N(c2ccc(F)cc2F)C(c2cccc(O)c2)/C1=C(\O)c1cccc([N+](=O)[O-])c1. The highest BCUT2D eigenvalue weighted by atomic mass is 19.1. The van der Waals surface area contributed by atoms with Crippen LogP contribution in [-0.4, -0.2) is 26.8 Å². The van der Waals surface area contributed by atoms with E-state index in [2.05, 4.69) is 0 Å². The smallest absolute Gasteiger partial charge is 0.300 e. The third-order valence-corrected chi connectivity index (χ3v) is 5.13. The van der Waals surface area contributed by atoms with Crippen molar-refractivity contribution < 1.29 is 33.5 Å². The van der Waals surface area contributed by atoms with Crippen LogP contribution in [0.2, 0.25) is 0 Å². The lowest BCUT2D eigenvalue weighted by atomic mass is 9.95. The average Bonchev–Trinajstić information content (AvgIpc) is 3.04. The fourth-order valence-electron chi connectivity index (χ4n) is 3.69. The summed E-state index contributed by atoms with van der Waals surface area (Å²) in [5, 5.41) is 32.0. The molecule has 1 saturated heterocycles. The van der Waals surface area contributed by atoms with Crippen LogP contribution in [0.5, 0.6) is 5.75 Å². The van der Waals surface area contributed by atoms with Crippen molar-refractivity contribution in [2.24, 2.45) is 0 Å². The first-order valence-electron chi connectivity index (χ1n) is 9.49. The third kappa shape index (κ3) is 3.78. The molecular weight excluding hydrogens is 438 g/mol. The van der Waals surface area contributed by atoms with E-state index in [1.165, 1.54) is 42.5 Å². The molecule has 33 heavy (non-hydrogen) atoms. The summed E-state index contributed by atoms with van der Waals surface area (Å²) >= 11 is 0. The van der Waals surface area contributed by atoms with Gasteiger partial charge in [0.2, 0.25) is 0 Å². The molecule has 3 aromatic rings. The molecule has 1 aliphatic rings. The number of aromatic hydroxyl groups is 1. The zero-order chi connectivity index (χ0) is 23.9. The molecule has 1 unspecified atom stereocenters. The van der Waals surface area contributed by atoms with Crippen LogP contribution in [0.25, 0.3) is 5.76 Å². The molecule has 0 aliphatic carbocycles. The van der Waals surface area contributed by atoms with Crippen LogP contribution in [0.15, 0.2) is 72.3 Å². The number of nitrogens with zero attached hydrogens (tertiary/aromatic N) is 2.